The number of halogens is 1. The number of aromatic amines is 1. The van der Waals surface area contributed by atoms with Crippen molar-refractivity contribution in [3.05, 3.63) is 40.4 Å². The molecule has 1 saturated carbocycles. The summed E-state index contributed by atoms with van der Waals surface area (Å²) < 4.78 is 11.5. The first-order valence-electron chi connectivity index (χ1n) is 12.7. The molecule has 0 bridgehead atoms. The molecule has 11 nitrogen and oxygen atoms in total. The van der Waals surface area contributed by atoms with Crippen LogP contribution in [0.2, 0.25) is 5.15 Å². The van der Waals surface area contributed by atoms with Gasteiger partial charge in [0.2, 0.25) is 0 Å². The number of amides is 2. The topological polar surface area (TPSA) is 134 Å². The van der Waals surface area contributed by atoms with Gasteiger partial charge in [-0.3, -0.25) is 9.89 Å². The van der Waals surface area contributed by atoms with Crippen LogP contribution in [0.4, 0.5) is 10.5 Å². The van der Waals surface area contributed by atoms with Crippen LogP contribution in [0.5, 0.6) is 0 Å². The summed E-state index contributed by atoms with van der Waals surface area (Å²) in [5.74, 6) is 0.190. The first-order chi connectivity index (χ1) is 17.8. The van der Waals surface area contributed by atoms with Gasteiger partial charge in [-0.2, -0.15) is 10.2 Å². The lowest BCUT2D eigenvalue weighted by Gasteiger charge is -2.43. The number of carbonyl (C=O) groups is 2. The number of morpholine rings is 1. The Morgan fingerprint density at radius 3 is 2.76 bits per heavy atom. The molecule has 0 aromatic carbocycles. The number of aryl methyl sites for hydroxylation is 1. The second kappa shape index (κ2) is 10.7. The third kappa shape index (κ3) is 5.57. The Balaban J connectivity index is 1.29. The summed E-state index contributed by atoms with van der Waals surface area (Å²) in [5, 5.41) is 14.8. The second-order valence-corrected chi connectivity index (χ2v) is 10.5. The van der Waals surface area contributed by atoms with E-state index in [1.165, 1.54) is 0 Å². The van der Waals surface area contributed by atoms with Crippen molar-refractivity contribution in [1.29, 1.82) is 0 Å². The number of anilines is 1. The summed E-state index contributed by atoms with van der Waals surface area (Å²) in [5.41, 5.74) is 5.28. The average molecular weight is 530 g/mol. The number of carbonyl (C=O) groups excluding carboxylic acids is 2. The summed E-state index contributed by atoms with van der Waals surface area (Å²) in [7, 11) is 0. The molecule has 1 saturated heterocycles. The van der Waals surface area contributed by atoms with Crippen molar-refractivity contribution in [3.8, 4) is 0 Å². The Labute approximate surface area is 220 Å². The van der Waals surface area contributed by atoms with E-state index in [0.717, 1.165) is 49.3 Å². The van der Waals surface area contributed by atoms with Gasteiger partial charge in [-0.05, 0) is 64.0 Å². The summed E-state index contributed by atoms with van der Waals surface area (Å²) in [6.07, 6.45) is 4.93. The standard InChI is InChI=1S/C25H32ClN7O4/c1-15(28-23(34)19-12-16(2)29-30-19)11-17-3-5-25(6-4-17)22(31-32-24(35)37-25)18-14-27-21(26)13-20(18)33-7-9-36-10-8-33/h12-15,17H,3-11H2,1-2H3,(H,28,34)(H,29,30)(H,32,35)/t15-,17?,25?/m0/s1. The minimum absolute atomic E-state index is 0.0133. The largest absolute Gasteiger partial charge is 0.435 e. The Bertz CT molecular complexity index is 1190. The van der Waals surface area contributed by atoms with Gasteiger partial charge in [0.1, 0.15) is 16.6 Å². The van der Waals surface area contributed by atoms with Crippen molar-refractivity contribution in [2.45, 2.75) is 57.6 Å². The highest BCUT2D eigenvalue weighted by atomic mass is 35.5. The molecule has 1 aliphatic carbocycles. The zero-order valence-corrected chi connectivity index (χ0v) is 21.8. The van der Waals surface area contributed by atoms with E-state index in [2.05, 4.69) is 35.9 Å². The summed E-state index contributed by atoms with van der Waals surface area (Å²) >= 11 is 6.27. The molecule has 2 fully saturated rings. The quantitative estimate of drug-likeness (QED) is 0.489. The maximum absolute atomic E-state index is 12.5. The zero-order valence-electron chi connectivity index (χ0n) is 21.1. The highest BCUT2D eigenvalue weighted by Crippen LogP contribution is 2.42. The van der Waals surface area contributed by atoms with Gasteiger partial charge in [-0.25, -0.2) is 15.2 Å². The molecular formula is C25H32ClN7O4. The van der Waals surface area contributed by atoms with Crippen LogP contribution >= 0.6 is 11.6 Å². The molecule has 3 aliphatic rings. The maximum atomic E-state index is 12.5. The minimum atomic E-state index is -0.839. The van der Waals surface area contributed by atoms with Crippen LogP contribution in [0.25, 0.3) is 0 Å². The number of rotatable bonds is 6. The van der Waals surface area contributed by atoms with E-state index in [9.17, 15) is 9.59 Å². The molecule has 12 heteroatoms. The fourth-order valence-corrected chi connectivity index (χ4v) is 5.69. The van der Waals surface area contributed by atoms with Crippen LogP contribution in [0.1, 0.15) is 60.8 Å². The van der Waals surface area contributed by atoms with Crippen LogP contribution in [-0.2, 0) is 9.47 Å². The van der Waals surface area contributed by atoms with Gasteiger partial charge in [-0.1, -0.05) is 11.6 Å². The summed E-state index contributed by atoms with van der Waals surface area (Å²) in [6.45, 7) is 6.57. The maximum Gasteiger partial charge on any atom is 0.428 e. The number of hydrogen-bond donors (Lipinski definition) is 3. The van der Waals surface area contributed by atoms with Gasteiger partial charge in [0.05, 0.1) is 18.9 Å². The number of nitrogens with zero attached hydrogens (tertiary/aromatic N) is 4. The molecule has 1 spiro atoms. The van der Waals surface area contributed by atoms with Crippen molar-refractivity contribution >= 4 is 35.0 Å². The van der Waals surface area contributed by atoms with E-state index in [1.54, 1.807) is 12.3 Å². The fraction of sp³-hybridized carbons (Fsp3) is 0.560. The molecule has 2 amide bonds. The minimum Gasteiger partial charge on any atom is -0.435 e. The van der Waals surface area contributed by atoms with Gasteiger partial charge in [0.25, 0.3) is 5.91 Å². The van der Waals surface area contributed by atoms with Gasteiger partial charge >= 0.3 is 6.09 Å². The van der Waals surface area contributed by atoms with Crippen molar-refractivity contribution in [2.24, 2.45) is 11.0 Å². The molecule has 2 aromatic heterocycles. The Hall–Kier alpha value is -3.18. The smallest absolute Gasteiger partial charge is 0.428 e. The van der Waals surface area contributed by atoms with E-state index < -0.39 is 11.7 Å². The number of pyridine rings is 1. The molecule has 198 valence electrons. The molecule has 37 heavy (non-hydrogen) atoms. The number of aromatic nitrogens is 3. The molecule has 5 rings (SSSR count). The highest BCUT2D eigenvalue weighted by Gasteiger charge is 2.47. The summed E-state index contributed by atoms with van der Waals surface area (Å²) in [4.78, 5) is 31.3. The van der Waals surface area contributed by atoms with Gasteiger partial charge in [0.15, 0.2) is 5.60 Å². The van der Waals surface area contributed by atoms with E-state index in [-0.39, 0.29) is 11.9 Å². The van der Waals surface area contributed by atoms with Crippen LogP contribution in [-0.4, -0.2) is 70.8 Å². The highest BCUT2D eigenvalue weighted by molar-refractivity contribution is 6.30. The van der Waals surface area contributed by atoms with Crippen LogP contribution in [0.3, 0.4) is 0 Å². The van der Waals surface area contributed by atoms with Crippen LogP contribution in [0.15, 0.2) is 23.4 Å². The SMILES string of the molecule is Cc1cc(C(=O)N[C@@H](C)CC2CCC3(CC2)OC(=O)NN=C3c2cnc(Cl)cc2N2CCOCC2)n[nH]1. The Morgan fingerprint density at radius 2 is 2.05 bits per heavy atom. The lowest BCUT2D eigenvalue weighted by molar-refractivity contribution is 0.0154. The molecule has 3 N–H and O–H groups in total. The van der Waals surface area contributed by atoms with Crippen molar-refractivity contribution in [1.82, 2.24) is 25.9 Å². The molecule has 4 heterocycles. The number of hydrazone groups is 1. The third-order valence-corrected chi connectivity index (χ3v) is 7.56. The van der Waals surface area contributed by atoms with E-state index >= 15 is 0 Å². The predicted molar refractivity (Wildman–Crippen MR) is 138 cm³/mol. The fourth-order valence-electron chi connectivity index (χ4n) is 5.54. The first kappa shape index (κ1) is 25.5. The zero-order chi connectivity index (χ0) is 26.0. The van der Waals surface area contributed by atoms with Crippen molar-refractivity contribution in [2.75, 3.05) is 31.2 Å². The third-order valence-electron chi connectivity index (χ3n) is 7.35. The van der Waals surface area contributed by atoms with Crippen molar-refractivity contribution < 1.29 is 19.1 Å². The molecular weight excluding hydrogens is 498 g/mol. The first-order valence-corrected chi connectivity index (χ1v) is 13.1. The van der Waals surface area contributed by atoms with Gasteiger partial charge < -0.3 is 19.7 Å². The number of nitrogens with one attached hydrogen (secondary N) is 3. The van der Waals surface area contributed by atoms with Crippen LogP contribution in [0, 0.1) is 12.8 Å². The van der Waals surface area contributed by atoms with E-state index in [1.807, 2.05) is 19.9 Å². The number of hydrogen-bond acceptors (Lipinski definition) is 8. The normalized spacial score (nSPS) is 24.7. The van der Waals surface area contributed by atoms with Crippen LogP contribution < -0.4 is 15.6 Å². The molecule has 2 aliphatic heterocycles. The lowest BCUT2D eigenvalue weighted by Crippen LogP contribution is -2.53. The van der Waals surface area contributed by atoms with Crippen molar-refractivity contribution in [3.63, 3.8) is 0 Å². The van der Waals surface area contributed by atoms with Gasteiger partial charge in [-0.15, -0.1) is 0 Å². The summed E-state index contributed by atoms with van der Waals surface area (Å²) in [6, 6.07) is 3.56. The molecule has 0 radical (unpaired) electrons. The average Bonchev–Trinajstić information content (AvgIpc) is 3.33. The predicted octanol–water partition coefficient (Wildman–Crippen LogP) is 3.18. The lowest BCUT2D eigenvalue weighted by atomic mass is 9.72. The Morgan fingerprint density at radius 1 is 1.30 bits per heavy atom. The second-order valence-electron chi connectivity index (χ2n) is 10.1. The monoisotopic (exact) mass is 529 g/mol. The number of H-pyrrole nitrogens is 1. The van der Waals surface area contributed by atoms with E-state index in [0.29, 0.717) is 48.5 Å². The van der Waals surface area contributed by atoms with E-state index in [4.69, 9.17) is 21.1 Å². The number of ether oxygens (including phenoxy) is 2. The molecule has 0 unspecified atom stereocenters. The molecule has 2 aromatic rings. The van der Waals surface area contributed by atoms with Gasteiger partial charge in [0, 0.05) is 36.6 Å². The molecule has 1 atom stereocenters. The Kier molecular flexibility index (Phi) is 7.34.